The molecule has 1 saturated heterocycles. The minimum atomic E-state index is -0.555. The highest BCUT2D eigenvalue weighted by Gasteiger charge is 2.46. The second-order valence-electron chi connectivity index (χ2n) is 9.06. The molecule has 0 radical (unpaired) electrons. The monoisotopic (exact) mass is 460 g/mol. The molecule has 2 atom stereocenters. The molecule has 1 aromatic heterocycles. The molecule has 5 rings (SSSR count). The van der Waals surface area contributed by atoms with E-state index < -0.39 is 11.9 Å². The fourth-order valence-corrected chi connectivity index (χ4v) is 5.55. The first-order valence-electron chi connectivity index (χ1n) is 11.7. The summed E-state index contributed by atoms with van der Waals surface area (Å²) in [4.78, 5) is 41.6. The van der Waals surface area contributed by atoms with Crippen molar-refractivity contribution in [3.8, 4) is 0 Å². The Bertz CT molecular complexity index is 1280. The van der Waals surface area contributed by atoms with Crippen LogP contribution >= 0.6 is 0 Å². The summed E-state index contributed by atoms with van der Waals surface area (Å²) in [6.07, 6.45) is 1.33. The Morgan fingerprint density at radius 1 is 1.12 bits per heavy atom. The van der Waals surface area contributed by atoms with Crippen LogP contribution in [0.25, 0.3) is 10.9 Å². The van der Waals surface area contributed by atoms with Crippen molar-refractivity contribution in [2.75, 3.05) is 13.1 Å². The number of carbonyl (C=O) groups is 3. The highest BCUT2D eigenvalue weighted by atomic mass is 16.5. The minimum absolute atomic E-state index is 0.00706. The average Bonchev–Trinajstić information content (AvgIpc) is 3.16. The maximum absolute atomic E-state index is 13.3. The van der Waals surface area contributed by atoms with Gasteiger partial charge >= 0.3 is 0 Å². The summed E-state index contributed by atoms with van der Waals surface area (Å²) in [6.45, 7) is 5.32. The first-order chi connectivity index (χ1) is 16.4. The van der Waals surface area contributed by atoms with Crippen LogP contribution in [0.2, 0.25) is 0 Å². The van der Waals surface area contributed by atoms with Gasteiger partial charge in [-0.1, -0.05) is 37.3 Å². The minimum Gasteiger partial charge on any atom is -0.338 e. The molecule has 34 heavy (non-hydrogen) atoms. The lowest BCUT2D eigenvalue weighted by molar-refractivity contribution is -0.159. The molecule has 3 amide bonds. The van der Waals surface area contributed by atoms with Gasteiger partial charge in [-0.05, 0) is 42.7 Å². The van der Waals surface area contributed by atoms with E-state index >= 15 is 0 Å². The Morgan fingerprint density at radius 2 is 1.85 bits per heavy atom. The third kappa shape index (κ3) is 3.45. The second kappa shape index (κ2) is 8.61. The third-order valence-electron chi connectivity index (χ3n) is 7.03. The summed E-state index contributed by atoms with van der Waals surface area (Å²) < 4.78 is 2.23. The van der Waals surface area contributed by atoms with Gasteiger partial charge in [0.1, 0.15) is 6.04 Å². The van der Waals surface area contributed by atoms with Gasteiger partial charge in [0, 0.05) is 41.7 Å². The van der Waals surface area contributed by atoms with E-state index in [0.29, 0.717) is 25.1 Å². The third-order valence-corrected chi connectivity index (χ3v) is 7.03. The summed E-state index contributed by atoms with van der Waals surface area (Å²) in [6, 6.07) is 14.5. The summed E-state index contributed by atoms with van der Waals surface area (Å²) in [5.41, 5.74) is 6.25. The quantitative estimate of drug-likeness (QED) is 0.452. The van der Waals surface area contributed by atoms with Crippen molar-refractivity contribution >= 4 is 28.6 Å². The van der Waals surface area contributed by atoms with Crippen LogP contribution in [-0.4, -0.2) is 56.4 Å². The van der Waals surface area contributed by atoms with Crippen molar-refractivity contribution in [2.45, 2.75) is 45.3 Å². The fraction of sp³-hybridized carbons (Fsp3) is 0.346. The topological polar surface area (TPSA) is 94.9 Å². The predicted molar refractivity (Wildman–Crippen MR) is 126 cm³/mol. The van der Waals surface area contributed by atoms with Crippen molar-refractivity contribution in [1.29, 1.82) is 0 Å². The summed E-state index contributed by atoms with van der Waals surface area (Å²) in [5, 5.41) is 9.97. The maximum atomic E-state index is 13.3. The van der Waals surface area contributed by atoms with Crippen molar-refractivity contribution in [2.24, 2.45) is 0 Å². The van der Waals surface area contributed by atoms with Crippen molar-refractivity contribution in [3.05, 3.63) is 70.9 Å². The maximum Gasteiger partial charge on any atom is 0.274 e. The Balaban J connectivity index is 1.58. The number of nitrogens with zero attached hydrogens (tertiary/aromatic N) is 3. The van der Waals surface area contributed by atoms with Gasteiger partial charge < -0.3 is 14.4 Å². The van der Waals surface area contributed by atoms with Gasteiger partial charge in [-0.25, -0.2) is 5.48 Å². The molecule has 176 valence electrons. The zero-order valence-electron chi connectivity index (χ0n) is 19.3. The fourth-order valence-electron chi connectivity index (χ4n) is 5.55. The number of benzene rings is 2. The number of nitrogens with one attached hydrogen (secondary N) is 1. The molecule has 0 spiro atoms. The van der Waals surface area contributed by atoms with Crippen LogP contribution < -0.4 is 5.48 Å². The van der Waals surface area contributed by atoms with E-state index in [0.717, 1.165) is 34.1 Å². The number of carbonyl (C=O) groups excluding carboxylic acids is 3. The number of hydroxylamine groups is 1. The van der Waals surface area contributed by atoms with Crippen molar-refractivity contribution in [1.82, 2.24) is 19.8 Å². The molecule has 0 aliphatic carbocycles. The van der Waals surface area contributed by atoms with Crippen LogP contribution in [0.1, 0.15) is 53.5 Å². The molecule has 3 heterocycles. The first kappa shape index (κ1) is 22.2. The molecule has 3 aromatic rings. The molecule has 8 heteroatoms. The lowest BCUT2D eigenvalue weighted by atomic mass is 9.89. The highest BCUT2D eigenvalue weighted by Crippen LogP contribution is 2.41. The van der Waals surface area contributed by atoms with E-state index in [1.807, 2.05) is 38.1 Å². The van der Waals surface area contributed by atoms with Crippen LogP contribution in [0.3, 0.4) is 0 Å². The lowest BCUT2D eigenvalue weighted by Gasteiger charge is -2.46. The van der Waals surface area contributed by atoms with Crippen LogP contribution in [0.15, 0.2) is 48.5 Å². The number of aromatic nitrogens is 1. The molecule has 2 aromatic carbocycles. The number of hydrogen-bond donors (Lipinski definition) is 2. The predicted octanol–water partition coefficient (Wildman–Crippen LogP) is 2.88. The Morgan fingerprint density at radius 3 is 2.56 bits per heavy atom. The molecule has 2 N–H and O–H groups in total. The molecular weight excluding hydrogens is 432 g/mol. The highest BCUT2D eigenvalue weighted by molar-refractivity contribution is 5.97. The van der Waals surface area contributed by atoms with Gasteiger partial charge in [-0.3, -0.25) is 19.6 Å². The van der Waals surface area contributed by atoms with E-state index in [1.54, 1.807) is 27.4 Å². The normalized spacial score (nSPS) is 19.9. The smallest absolute Gasteiger partial charge is 0.274 e. The molecule has 8 nitrogen and oxygen atoms in total. The van der Waals surface area contributed by atoms with E-state index in [9.17, 15) is 14.4 Å². The summed E-state index contributed by atoms with van der Waals surface area (Å²) in [7, 11) is 0. The van der Waals surface area contributed by atoms with Crippen molar-refractivity contribution < 1.29 is 19.6 Å². The van der Waals surface area contributed by atoms with Crippen LogP contribution in [0.4, 0.5) is 0 Å². The molecular formula is C26H28N4O4. The van der Waals surface area contributed by atoms with Crippen LogP contribution in [0.5, 0.6) is 0 Å². The zero-order chi connectivity index (χ0) is 24.0. The Hall–Kier alpha value is -3.65. The summed E-state index contributed by atoms with van der Waals surface area (Å²) >= 11 is 0. The molecule has 2 aliphatic heterocycles. The molecule has 0 unspecified atom stereocenters. The van der Waals surface area contributed by atoms with Crippen LogP contribution in [-0.2, 0) is 22.6 Å². The molecule has 0 saturated carbocycles. The van der Waals surface area contributed by atoms with Crippen LogP contribution in [0, 0.1) is 0 Å². The van der Waals surface area contributed by atoms with Gasteiger partial charge in [0.15, 0.2) is 0 Å². The van der Waals surface area contributed by atoms with Gasteiger partial charge in [-0.15, -0.1) is 0 Å². The number of piperazine rings is 1. The number of amides is 3. The van der Waals surface area contributed by atoms with Crippen molar-refractivity contribution in [3.63, 3.8) is 0 Å². The van der Waals surface area contributed by atoms with Gasteiger partial charge in [0.25, 0.3) is 5.91 Å². The average molecular weight is 461 g/mol. The van der Waals surface area contributed by atoms with E-state index in [2.05, 4.69) is 16.7 Å². The standard InChI is InChI=1S/C26H28N4O4/c1-3-12-28-15-23(31)30-16(2)24-20(13-22(30)26(28)33)19-6-4-5-7-21(19)29(24)14-17-8-10-18(11-9-17)25(32)27-34/h4-11,16,22,34H,3,12-15H2,1-2H3,(H,27,32)/t16-,22-/m1/s1. The zero-order valence-corrected chi connectivity index (χ0v) is 19.3. The molecule has 2 aliphatic rings. The van der Waals surface area contributed by atoms with Gasteiger partial charge in [0.2, 0.25) is 11.8 Å². The first-order valence-corrected chi connectivity index (χ1v) is 11.7. The lowest BCUT2D eigenvalue weighted by Crippen LogP contribution is -2.62. The van der Waals surface area contributed by atoms with E-state index in [4.69, 9.17) is 5.21 Å². The van der Waals surface area contributed by atoms with Gasteiger partial charge in [-0.2, -0.15) is 0 Å². The molecule has 0 bridgehead atoms. The Kier molecular flexibility index (Phi) is 5.61. The number of rotatable bonds is 5. The van der Waals surface area contributed by atoms with E-state index in [1.165, 1.54) is 0 Å². The Labute approximate surface area is 197 Å². The molecule has 1 fully saturated rings. The largest absolute Gasteiger partial charge is 0.338 e. The second-order valence-corrected chi connectivity index (χ2v) is 9.06. The number of para-hydroxylation sites is 1. The SMILES string of the molecule is CCCN1CC(=O)N2[C@H](Cc3c(n(Cc4ccc(C(=O)NO)cc4)c4ccccc34)[C@H]2C)C1=O. The summed E-state index contributed by atoms with van der Waals surface area (Å²) in [5.74, 6) is -0.527. The number of fused-ring (bicyclic) bond motifs is 4. The number of hydrogen-bond acceptors (Lipinski definition) is 4. The van der Waals surface area contributed by atoms with E-state index in [-0.39, 0.29) is 24.4 Å². The van der Waals surface area contributed by atoms with Gasteiger partial charge in [0.05, 0.1) is 12.6 Å².